The molecule has 0 bridgehead atoms. The normalized spacial score (nSPS) is 19.9. The van der Waals surface area contributed by atoms with Crippen molar-refractivity contribution in [2.45, 2.75) is 6.04 Å². The summed E-state index contributed by atoms with van der Waals surface area (Å²) in [5.74, 6) is 0.947. The molecule has 18 heavy (non-hydrogen) atoms. The van der Waals surface area contributed by atoms with E-state index in [1.54, 1.807) is 0 Å². The minimum Gasteiger partial charge on any atom is -0.378 e. The molecule has 0 radical (unpaired) electrons. The van der Waals surface area contributed by atoms with E-state index in [1.807, 2.05) is 6.20 Å². The van der Waals surface area contributed by atoms with Gasteiger partial charge in [-0.05, 0) is 40.3 Å². The van der Waals surface area contributed by atoms with Crippen molar-refractivity contribution in [3.8, 4) is 11.3 Å². The number of H-pyrrole nitrogens is 1. The zero-order valence-electron chi connectivity index (χ0n) is 9.82. The quantitative estimate of drug-likeness (QED) is 0.814. The van der Waals surface area contributed by atoms with Crippen LogP contribution in [0.25, 0.3) is 11.3 Å². The molecule has 2 N–H and O–H groups in total. The predicted molar refractivity (Wildman–Crippen MR) is 78.3 cm³/mol. The number of benzene rings is 1. The Hall–Kier alpha value is -0.920. The van der Waals surface area contributed by atoms with E-state index in [0.29, 0.717) is 6.61 Å². The van der Waals surface area contributed by atoms with Crippen LogP contribution in [0.15, 0.2) is 30.5 Å². The van der Waals surface area contributed by atoms with E-state index >= 15 is 0 Å². The molecule has 94 valence electrons. The average Bonchev–Trinajstić information content (AvgIpc) is 2.90. The second kappa shape index (κ2) is 5.38. The molecule has 1 fully saturated rings. The fourth-order valence-electron chi connectivity index (χ4n) is 2.03. The molecular formula is C13H14IN3O. The van der Waals surface area contributed by atoms with Gasteiger partial charge >= 0.3 is 0 Å². The fourth-order valence-corrected chi connectivity index (χ4v) is 2.39. The Morgan fingerprint density at radius 1 is 1.28 bits per heavy atom. The monoisotopic (exact) mass is 355 g/mol. The lowest BCUT2D eigenvalue weighted by Crippen LogP contribution is -2.35. The predicted octanol–water partition coefficient (Wildman–Crippen LogP) is 2.34. The molecule has 4 nitrogen and oxygen atoms in total. The summed E-state index contributed by atoms with van der Waals surface area (Å²) in [6.07, 6.45) is 1.88. The Kier molecular flexibility index (Phi) is 3.62. The molecule has 2 heterocycles. The molecule has 1 saturated heterocycles. The Bertz CT molecular complexity index is 517. The van der Waals surface area contributed by atoms with Crippen LogP contribution < -0.4 is 5.32 Å². The van der Waals surface area contributed by atoms with E-state index in [1.165, 1.54) is 3.57 Å². The number of morpholine rings is 1. The lowest BCUT2D eigenvalue weighted by atomic mass is 10.2. The third kappa shape index (κ3) is 2.57. The molecule has 1 aromatic carbocycles. The minimum absolute atomic E-state index is 0.177. The third-order valence-corrected chi connectivity index (χ3v) is 3.72. The van der Waals surface area contributed by atoms with Crippen LogP contribution >= 0.6 is 22.6 Å². The van der Waals surface area contributed by atoms with E-state index in [0.717, 1.165) is 30.2 Å². The molecule has 0 saturated carbocycles. The van der Waals surface area contributed by atoms with Gasteiger partial charge in [0.1, 0.15) is 5.82 Å². The van der Waals surface area contributed by atoms with Gasteiger partial charge in [-0.1, -0.05) is 12.1 Å². The molecule has 0 amide bonds. The van der Waals surface area contributed by atoms with Gasteiger partial charge < -0.3 is 15.0 Å². The van der Waals surface area contributed by atoms with Crippen LogP contribution in [0.1, 0.15) is 11.9 Å². The van der Waals surface area contributed by atoms with Crippen LogP contribution in [-0.4, -0.2) is 29.7 Å². The zero-order valence-corrected chi connectivity index (χ0v) is 12.0. The van der Waals surface area contributed by atoms with Crippen molar-refractivity contribution in [3.05, 3.63) is 39.9 Å². The fraction of sp³-hybridized carbons (Fsp3) is 0.308. The molecule has 1 aliphatic rings. The summed E-state index contributed by atoms with van der Waals surface area (Å²) in [5, 5.41) is 3.39. The van der Waals surface area contributed by atoms with Crippen molar-refractivity contribution >= 4 is 22.6 Å². The Morgan fingerprint density at radius 2 is 2.11 bits per heavy atom. The van der Waals surface area contributed by atoms with Gasteiger partial charge in [0.2, 0.25) is 0 Å². The van der Waals surface area contributed by atoms with Gasteiger partial charge in [-0.25, -0.2) is 4.98 Å². The molecule has 2 aromatic rings. The SMILES string of the molecule is Ic1ccc(-c2cnc(C3COCCN3)[nH]2)cc1. The van der Waals surface area contributed by atoms with Gasteiger partial charge in [0.15, 0.2) is 0 Å². The highest BCUT2D eigenvalue weighted by Gasteiger charge is 2.18. The largest absolute Gasteiger partial charge is 0.378 e. The first-order valence-corrected chi connectivity index (χ1v) is 7.03. The number of halogens is 1. The van der Waals surface area contributed by atoms with Crippen molar-refractivity contribution in [2.75, 3.05) is 19.8 Å². The second-order valence-corrected chi connectivity index (χ2v) is 5.52. The number of nitrogens with zero attached hydrogens (tertiary/aromatic N) is 1. The average molecular weight is 355 g/mol. The molecule has 3 rings (SSSR count). The molecule has 1 atom stereocenters. The van der Waals surface area contributed by atoms with E-state index in [9.17, 15) is 0 Å². The van der Waals surface area contributed by atoms with Gasteiger partial charge in [-0.3, -0.25) is 0 Å². The maximum absolute atomic E-state index is 5.44. The van der Waals surface area contributed by atoms with Crippen LogP contribution in [-0.2, 0) is 4.74 Å². The van der Waals surface area contributed by atoms with E-state index in [2.05, 4.69) is 62.1 Å². The van der Waals surface area contributed by atoms with Gasteiger partial charge in [0, 0.05) is 10.1 Å². The van der Waals surface area contributed by atoms with E-state index in [4.69, 9.17) is 4.74 Å². The van der Waals surface area contributed by atoms with Crippen LogP contribution in [0.5, 0.6) is 0 Å². The van der Waals surface area contributed by atoms with Crippen molar-refractivity contribution in [2.24, 2.45) is 0 Å². The van der Waals surface area contributed by atoms with Crippen molar-refractivity contribution in [3.63, 3.8) is 0 Å². The minimum atomic E-state index is 0.177. The highest BCUT2D eigenvalue weighted by Crippen LogP contribution is 2.21. The molecule has 0 aliphatic carbocycles. The molecule has 1 aliphatic heterocycles. The molecule has 5 heteroatoms. The van der Waals surface area contributed by atoms with Crippen molar-refractivity contribution in [1.29, 1.82) is 0 Å². The van der Waals surface area contributed by atoms with Crippen LogP contribution in [0.2, 0.25) is 0 Å². The third-order valence-electron chi connectivity index (χ3n) is 3.00. The van der Waals surface area contributed by atoms with Crippen LogP contribution in [0.4, 0.5) is 0 Å². The molecular weight excluding hydrogens is 341 g/mol. The smallest absolute Gasteiger partial charge is 0.126 e. The summed E-state index contributed by atoms with van der Waals surface area (Å²) in [6.45, 7) is 2.34. The van der Waals surface area contributed by atoms with Crippen molar-refractivity contribution < 1.29 is 4.74 Å². The lowest BCUT2D eigenvalue weighted by Gasteiger charge is -2.21. The maximum atomic E-state index is 5.44. The number of imidazole rings is 1. The topological polar surface area (TPSA) is 49.9 Å². The van der Waals surface area contributed by atoms with Gasteiger partial charge in [-0.15, -0.1) is 0 Å². The number of hydrogen-bond donors (Lipinski definition) is 2. The summed E-state index contributed by atoms with van der Waals surface area (Å²) in [4.78, 5) is 7.80. The van der Waals surface area contributed by atoms with E-state index in [-0.39, 0.29) is 6.04 Å². The summed E-state index contributed by atoms with van der Waals surface area (Å²) < 4.78 is 6.68. The molecule has 1 unspecified atom stereocenters. The number of aromatic amines is 1. The summed E-state index contributed by atoms with van der Waals surface area (Å²) in [7, 11) is 0. The Morgan fingerprint density at radius 3 is 2.83 bits per heavy atom. The lowest BCUT2D eigenvalue weighted by molar-refractivity contribution is 0.0745. The van der Waals surface area contributed by atoms with Gasteiger partial charge in [0.25, 0.3) is 0 Å². The number of rotatable bonds is 2. The van der Waals surface area contributed by atoms with Gasteiger partial charge in [-0.2, -0.15) is 0 Å². The maximum Gasteiger partial charge on any atom is 0.126 e. The summed E-state index contributed by atoms with van der Waals surface area (Å²) in [6, 6.07) is 8.57. The van der Waals surface area contributed by atoms with Crippen molar-refractivity contribution in [1.82, 2.24) is 15.3 Å². The van der Waals surface area contributed by atoms with Crippen LogP contribution in [0, 0.1) is 3.57 Å². The molecule has 1 aromatic heterocycles. The zero-order chi connectivity index (χ0) is 12.4. The number of aromatic nitrogens is 2. The van der Waals surface area contributed by atoms with Crippen LogP contribution in [0.3, 0.4) is 0 Å². The Labute approximate surface area is 119 Å². The first-order chi connectivity index (χ1) is 8.83. The standard InChI is InChI=1S/C13H14IN3O/c14-10-3-1-9(2-4-10)11-7-16-13(17-11)12-8-18-6-5-15-12/h1-4,7,12,15H,5-6,8H2,(H,16,17). The Balaban J connectivity index is 1.82. The van der Waals surface area contributed by atoms with E-state index < -0.39 is 0 Å². The number of nitrogens with one attached hydrogen (secondary N) is 2. The first kappa shape index (κ1) is 12.1. The first-order valence-electron chi connectivity index (χ1n) is 5.95. The highest BCUT2D eigenvalue weighted by atomic mass is 127. The van der Waals surface area contributed by atoms with Gasteiger partial charge in [0.05, 0.1) is 31.1 Å². The number of ether oxygens (including phenoxy) is 1. The summed E-state index contributed by atoms with van der Waals surface area (Å²) in [5.41, 5.74) is 2.21. The highest BCUT2D eigenvalue weighted by molar-refractivity contribution is 14.1. The number of hydrogen-bond acceptors (Lipinski definition) is 3. The summed E-state index contributed by atoms with van der Waals surface area (Å²) >= 11 is 2.30. The second-order valence-electron chi connectivity index (χ2n) is 4.27. The molecule has 0 spiro atoms.